The van der Waals surface area contributed by atoms with E-state index in [2.05, 4.69) is 0 Å². The molecule has 0 aromatic rings. The van der Waals surface area contributed by atoms with Crippen LogP contribution in [0.2, 0.25) is 0 Å². The van der Waals surface area contributed by atoms with Gasteiger partial charge in [-0.2, -0.15) is 0 Å². The summed E-state index contributed by atoms with van der Waals surface area (Å²) >= 11 is 0. The lowest BCUT2D eigenvalue weighted by molar-refractivity contribution is -0.141. The molecule has 0 radical (unpaired) electrons. The Morgan fingerprint density at radius 2 is 2.00 bits per heavy atom. The van der Waals surface area contributed by atoms with Crippen molar-refractivity contribution in [3.05, 3.63) is 0 Å². The Morgan fingerprint density at radius 1 is 1.35 bits per heavy atom. The predicted molar refractivity (Wildman–Crippen MR) is 57.3 cm³/mol. The molecule has 0 aromatic heterocycles. The highest BCUT2D eigenvalue weighted by Gasteiger charge is 2.52. The fraction of sp³-hybridized carbons (Fsp3) is 0.818. The van der Waals surface area contributed by atoms with Gasteiger partial charge in [0.1, 0.15) is 0 Å². The summed E-state index contributed by atoms with van der Waals surface area (Å²) in [4.78, 5) is 23.8. The van der Waals surface area contributed by atoms with Crippen LogP contribution in [0.5, 0.6) is 0 Å². The van der Waals surface area contributed by atoms with Crippen molar-refractivity contribution in [3.63, 3.8) is 0 Å². The highest BCUT2D eigenvalue weighted by atomic mass is 16.5. The molecule has 4 unspecified atom stereocenters. The van der Waals surface area contributed by atoms with E-state index in [1.807, 2.05) is 0 Å². The zero-order valence-electron chi connectivity index (χ0n) is 9.70. The molecule has 2 fully saturated rings. The van der Waals surface area contributed by atoms with Crippen molar-refractivity contribution in [3.8, 4) is 0 Å². The lowest BCUT2D eigenvalue weighted by atomic mass is 9.85. The van der Waals surface area contributed by atoms with Crippen LogP contribution < -0.4 is 0 Å². The third-order valence-electron chi connectivity index (χ3n) is 3.56. The Morgan fingerprint density at radius 3 is 2.53 bits per heavy atom. The van der Waals surface area contributed by atoms with Gasteiger partial charge in [-0.25, -0.2) is 0 Å². The number of aliphatic hydroxyl groups is 1. The van der Waals surface area contributed by atoms with E-state index in [1.54, 1.807) is 7.05 Å². The number of carboxylic acids is 1. The number of fused-ring (bicyclic) bond motifs is 2. The van der Waals surface area contributed by atoms with Crippen molar-refractivity contribution >= 4 is 11.9 Å². The average Bonchev–Trinajstić information content (AvgIpc) is 2.85. The monoisotopic (exact) mass is 243 g/mol. The molecule has 4 atom stereocenters. The van der Waals surface area contributed by atoms with Gasteiger partial charge in [-0.15, -0.1) is 0 Å². The molecule has 17 heavy (non-hydrogen) atoms. The molecule has 1 amide bonds. The Kier molecular flexibility index (Phi) is 3.35. The molecule has 2 aliphatic rings. The topological polar surface area (TPSA) is 87.1 Å². The van der Waals surface area contributed by atoms with Crippen LogP contribution >= 0.6 is 0 Å². The van der Waals surface area contributed by atoms with Crippen LogP contribution in [0.15, 0.2) is 0 Å². The fourth-order valence-corrected chi connectivity index (χ4v) is 2.59. The van der Waals surface area contributed by atoms with E-state index in [4.69, 9.17) is 9.84 Å². The minimum atomic E-state index is -0.936. The maximum absolute atomic E-state index is 12.1. The first-order chi connectivity index (χ1) is 8.00. The smallest absolute Gasteiger partial charge is 0.305 e. The van der Waals surface area contributed by atoms with Gasteiger partial charge in [-0.05, 0) is 12.8 Å². The number of hydrogen-bond acceptors (Lipinski definition) is 4. The van der Waals surface area contributed by atoms with E-state index in [0.717, 1.165) is 12.8 Å². The fourth-order valence-electron chi connectivity index (χ4n) is 2.59. The quantitative estimate of drug-likeness (QED) is 0.692. The van der Waals surface area contributed by atoms with Crippen LogP contribution in [0.4, 0.5) is 0 Å². The van der Waals surface area contributed by atoms with Crippen molar-refractivity contribution < 1.29 is 24.5 Å². The maximum Gasteiger partial charge on any atom is 0.305 e. The predicted octanol–water partition coefficient (Wildman–Crippen LogP) is -0.542. The van der Waals surface area contributed by atoms with Crippen LogP contribution in [-0.2, 0) is 14.3 Å². The van der Waals surface area contributed by atoms with Gasteiger partial charge in [0.05, 0.1) is 30.7 Å². The molecular formula is C11H17NO5. The van der Waals surface area contributed by atoms with E-state index in [9.17, 15) is 14.7 Å². The lowest BCUT2D eigenvalue weighted by Gasteiger charge is -2.27. The van der Waals surface area contributed by atoms with Crippen LogP contribution in [0.3, 0.4) is 0 Å². The lowest BCUT2D eigenvalue weighted by Crippen LogP contribution is -2.45. The molecule has 2 heterocycles. The van der Waals surface area contributed by atoms with E-state index < -0.39 is 18.0 Å². The number of carbonyl (C=O) groups excluding carboxylic acids is 1. The summed E-state index contributed by atoms with van der Waals surface area (Å²) in [7, 11) is 1.56. The van der Waals surface area contributed by atoms with Gasteiger partial charge < -0.3 is 19.8 Å². The SMILES string of the molecule is CN(CCC(=O)O)C(=O)C1C2CCC(O2)C1O. The van der Waals surface area contributed by atoms with E-state index in [-0.39, 0.29) is 31.1 Å². The molecule has 2 saturated heterocycles. The highest BCUT2D eigenvalue weighted by molar-refractivity contribution is 5.81. The van der Waals surface area contributed by atoms with E-state index >= 15 is 0 Å². The largest absolute Gasteiger partial charge is 0.481 e. The molecule has 0 aromatic carbocycles. The van der Waals surface area contributed by atoms with Crippen LogP contribution in [0.25, 0.3) is 0 Å². The molecule has 2 N–H and O–H groups in total. The maximum atomic E-state index is 12.1. The third kappa shape index (κ3) is 2.28. The van der Waals surface area contributed by atoms with Crippen molar-refractivity contribution in [2.24, 2.45) is 5.92 Å². The minimum absolute atomic E-state index is 0.0833. The van der Waals surface area contributed by atoms with Crippen LogP contribution in [0, 0.1) is 5.92 Å². The summed E-state index contributed by atoms with van der Waals surface area (Å²) in [6.45, 7) is 0.161. The second-order valence-corrected chi connectivity index (χ2v) is 4.71. The Bertz CT molecular complexity index is 330. The summed E-state index contributed by atoms with van der Waals surface area (Å²) in [5.41, 5.74) is 0. The van der Waals surface area contributed by atoms with E-state index in [0.29, 0.717) is 0 Å². The normalized spacial score (nSPS) is 34.9. The summed E-state index contributed by atoms with van der Waals surface area (Å²) in [5.74, 6) is -1.67. The van der Waals surface area contributed by atoms with Crippen molar-refractivity contribution in [1.29, 1.82) is 0 Å². The average molecular weight is 243 g/mol. The van der Waals surface area contributed by atoms with E-state index in [1.165, 1.54) is 4.90 Å². The molecule has 6 heteroatoms. The molecule has 2 aliphatic heterocycles. The standard InChI is InChI=1S/C11H17NO5/c1-12(5-4-8(13)14)11(16)9-6-2-3-7(17-6)10(9)15/h6-7,9-10,15H,2-5H2,1H3,(H,13,14). The molecule has 6 nitrogen and oxygen atoms in total. The Labute approximate surface area is 99.2 Å². The minimum Gasteiger partial charge on any atom is -0.481 e. The summed E-state index contributed by atoms with van der Waals surface area (Å²) in [6, 6.07) is 0. The van der Waals surface area contributed by atoms with Crippen molar-refractivity contribution in [2.45, 2.75) is 37.6 Å². The highest BCUT2D eigenvalue weighted by Crippen LogP contribution is 2.39. The van der Waals surface area contributed by atoms with Gasteiger partial charge in [0.15, 0.2) is 0 Å². The molecule has 0 aliphatic carbocycles. The number of aliphatic hydroxyl groups excluding tert-OH is 1. The molecular weight excluding hydrogens is 226 g/mol. The number of hydrogen-bond donors (Lipinski definition) is 2. The van der Waals surface area contributed by atoms with Gasteiger partial charge in [-0.3, -0.25) is 9.59 Å². The Balaban J connectivity index is 1.93. The van der Waals surface area contributed by atoms with Gasteiger partial charge in [0.25, 0.3) is 0 Å². The van der Waals surface area contributed by atoms with Crippen molar-refractivity contribution in [1.82, 2.24) is 4.90 Å². The zero-order valence-corrected chi connectivity index (χ0v) is 9.70. The zero-order chi connectivity index (χ0) is 12.6. The number of amides is 1. The van der Waals surface area contributed by atoms with Gasteiger partial charge in [0, 0.05) is 13.6 Å². The first kappa shape index (κ1) is 12.3. The molecule has 96 valence electrons. The number of aliphatic carboxylic acids is 1. The summed E-state index contributed by atoms with van der Waals surface area (Å²) in [5, 5.41) is 18.4. The summed E-state index contributed by atoms with van der Waals surface area (Å²) < 4.78 is 5.48. The molecule has 2 bridgehead atoms. The number of ether oxygens (including phenoxy) is 1. The number of carboxylic acid groups (broad SMARTS) is 1. The first-order valence-corrected chi connectivity index (χ1v) is 5.81. The number of nitrogens with zero attached hydrogens (tertiary/aromatic N) is 1. The number of carbonyl (C=O) groups is 2. The Hall–Kier alpha value is -1.14. The van der Waals surface area contributed by atoms with Crippen LogP contribution in [-0.4, -0.2) is 58.9 Å². The molecule has 2 rings (SSSR count). The van der Waals surface area contributed by atoms with Crippen molar-refractivity contribution in [2.75, 3.05) is 13.6 Å². The van der Waals surface area contributed by atoms with Crippen LogP contribution in [0.1, 0.15) is 19.3 Å². The molecule has 0 spiro atoms. The van der Waals surface area contributed by atoms with Gasteiger partial charge >= 0.3 is 5.97 Å². The second-order valence-electron chi connectivity index (χ2n) is 4.71. The van der Waals surface area contributed by atoms with Gasteiger partial charge in [0.2, 0.25) is 5.91 Å². The summed E-state index contributed by atoms with van der Waals surface area (Å²) in [6.07, 6.45) is 0.351. The third-order valence-corrected chi connectivity index (χ3v) is 3.56. The number of rotatable bonds is 4. The molecule has 0 saturated carbocycles. The first-order valence-electron chi connectivity index (χ1n) is 5.81. The second kappa shape index (κ2) is 4.62. The van der Waals surface area contributed by atoms with Gasteiger partial charge in [-0.1, -0.05) is 0 Å².